The number of rotatable bonds is 5. The van der Waals surface area contributed by atoms with Gasteiger partial charge in [0, 0.05) is 0 Å². The predicted molar refractivity (Wildman–Crippen MR) is 63.1 cm³/mol. The van der Waals surface area contributed by atoms with Crippen molar-refractivity contribution in [2.24, 2.45) is 0 Å². The van der Waals surface area contributed by atoms with Gasteiger partial charge in [0.2, 0.25) is 0 Å². The average molecular weight is 238 g/mol. The topological polar surface area (TPSA) is 51.2 Å². The number of aryl methyl sites for hydroxylation is 1. The lowest BCUT2D eigenvalue weighted by Gasteiger charge is -2.14. The van der Waals surface area contributed by atoms with Gasteiger partial charge >= 0.3 is 5.97 Å². The van der Waals surface area contributed by atoms with E-state index < -0.39 is 6.04 Å². The molecule has 0 aliphatic carbocycles. The molecule has 1 rings (SSSR count). The second-order valence-corrected chi connectivity index (χ2v) is 3.96. The molecule has 0 amide bonds. The van der Waals surface area contributed by atoms with E-state index in [1.165, 1.54) is 11.3 Å². The fourth-order valence-electron chi connectivity index (χ4n) is 1.26. The molecule has 0 spiro atoms. The van der Waals surface area contributed by atoms with Crippen molar-refractivity contribution in [1.82, 2.24) is 10.3 Å². The van der Waals surface area contributed by atoms with Crippen molar-refractivity contribution in [3.63, 3.8) is 0 Å². The first-order valence-corrected chi connectivity index (χ1v) is 5.82. The summed E-state index contributed by atoms with van der Waals surface area (Å²) in [6, 6.07) is -0.511. The number of hydrogen-bond donors (Lipinski definition) is 1. The van der Waals surface area contributed by atoms with E-state index in [1.54, 1.807) is 12.4 Å². The Labute approximate surface area is 99.0 Å². The minimum atomic E-state index is -0.511. The summed E-state index contributed by atoms with van der Waals surface area (Å²) in [6.07, 6.45) is 5.17. The lowest BCUT2D eigenvalue weighted by molar-refractivity contribution is -0.145. The monoisotopic (exact) mass is 238 g/mol. The molecule has 0 bridgehead atoms. The summed E-state index contributed by atoms with van der Waals surface area (Å²) in [7, 11) is 0. The highest BCUT2D eigenvalue weighted by atomic mass is 32.1. The molecule has 0 saturated heterocycles. The number of hydrogen-bond acceptors (Lipinski definition) is 5. The molecule has 1 aromatic heterocycles. The number of terminal acetylenes is 1. The van der Waals surface area contributed by atoms with E-state index in [4.69, 9.17) is 11.2 Å². The van der Waals surface area contributed by atoms with Crippen molar-refractivity contribution in [3.8, 4) is 12.3 Å². The summed E-state index contributed by atoms with van der Waals surface area (Å²) < 4.78 is 4.99. The fourth-order valence-corrected chi connectivity index (χ4v) is 2.12. The van der Waals surface area contributed by atoms with E-state index in [1.807, 2.05) is 6.92 Å². The molecule has 0 aromatic carbocycles. The Morgan fingerprint density at radius 1 is 1.81 bits per heavy atom. The molecule has 1 aromatic rings. The molecule has 0 fully saturated rings. The summed E-state index contributed by atoms with van der Waals surface area (Å²) in [5.41, 5.74) is 2.53. The molecule has 4 nitrogen and oxygen atoms in total. The zero-order valence-electron chi connectivity index (χ0n) is 9.32. The largest absolute Gasteiger partial charge is 0.465 e. The Morgan fingerprint density at radius 3 is 3.06 bits per heavy atom. The molecular weight excluding hydrogens is 224 g/mol. The minimum absolute atomic E-state index is 0.315. The number of ether oxygens (including phenoxy) is 1. The van der Waals surface area contributed by atoms with Crippen LogP contribution in [0.5, 0.6) is 0 Å². The van der Waals surface area contributed by atoms with Crippen molar-refractivity contribution in [2.75, 3.05) is 13.2 Å². The van der Waals surface area contributed by atoms with E-state index in [9.17, 15) is 4.79 Å². The standard InChI is InChI=1S/C11H14N2O2S/c1-4-6-12-9(11(14)15-5-2)10-8(3)13-7-16-10/h1,7,9,12H,5-6H2,2-3H3. The van der Waals surface area contributed by atoms with Crippen LogP contribution in [0.3, 0.4) is 0 Å². The van der Waals surface area contributed by atoms with Crippen molar-refractivity contribution in [3.05, 3.63) is 16.1 Å². The normalized spacial score (nSPS) is 11.8. The van der Waals surface area contributed by atoms with Crippen molar-refractivity contribution in [1.29, 1.82) is 0 Å². The maximum absolute atomic E-state index is 11.7. The lowest BCUT2D eigenvalue weighted by atomic mass is 10.2. The third-order valence-electron chi connectivity index (χ3n) is 1.98. The molecule has 0 saturated carbocycles. The van der Waals surface area contributed by atoms with Crippen LogP contribution in [0.2, 0.25) is 0 Å². The molecule has 16 heavy (non-hydrogen) atoms. The second-order valence-electron chi connectivity index (χ2n) is 3.07. The maximum atomic E-state index is 11.7. The number of esters is 1. The molecule has 86 valence electrons. The average Bonchev–Trinajstić information content (AvgIpc) is 2.66. The Balaban J connectivity index is 2.83. The van der Waals surface area contributed by atoms with Gasteiger partial charge in [0.25, 0.3) is 0 Å². The smallest absolute Gasteiger partial charge is 0.328 e. The molecule has 5 heteroatoms. The van der Waals surface area contributed by atoms with Crippen molar-refractivity contribution < 1.29 is 9.53 Å². The third kappa shape index (κ3) is 3.05. The van der Waals surface area contributed by atoms with Gasteiger partial charge in [-0.2, -0.15) is 0 Å². The van der Waals surface area contributed by atoms with Gasteiger partial charge in [0.15, 0.2) is 0 Å². The molecule has 0 aliphatic rings. The van der Waals surface area contributed by atoms with Gasteiger partial charge in [0.1, 0.15) is 6.04 Å². The van der Waals surface area contributed by atoms with Crippen LogP contribution in [-0.2, 0) is 9.53 Å². The molecule has 1 unspecified atom stereocenters. The number of nitrogens with one attached hydrogen (secondary N) is 1. The van der Waals surface area contributed by atoms with Crippen LogP contribution in [-0.4, -0.2) is 24.1 Å². The molecule has 1 atom stereocenters. The molecule has 1 N–H and O–H groups in total. The van der Waals surface area contributed by atoms with Crippen LogP contribution in [0.15, 0.2) is 5.51 Å². The quantitative estimate of drug-likeness (QED) is 0.620. The summed E-state index contributed by atoms with van der Waals surface area (Å²) in [6.45, 7) is 4.30. The first kappa shape index (κ1) is 12.7. The number of thiazole rings is 1. The van der Waals surface area contributed by atoms with E-state index in [-0.39, 0.29) is 5.97 Å². The molecular formula is C11H14N2O2S. The van der Waals surface area contributed by atoms with Gasteiger partial charge in [-0.15, -0.1) is 17.8 Å². The van der Waals surface area contributed by atoms with E-state index in [0.717, 1.165) is 10.6 Å². The first-order chi connectivity index (χ1) is 7.70. The highest BCUT2D eigenvalue weighted by Crippen LogP contribution is 2.22. The summed E-state index contributed by atoms with van der Waals surface area (Å²) in [4.78, 5) is 16.7. The van der Waals surface area contributed by atoms with Gasteiger partial charge in [0.05, 0.1) is 29.2 Å². The van der Waals surface area contributed by atoms with E-state index in [2.05, 4.69) is 16.2 Å². The van der Waals surface area contributed by atoms with Gasteiger partial charge in [-0.05, 0) is 13.8 Å². The van der Waals surface area contributed by atoms with Crippen LogP contribution in [0.25, 0.3) is 0 Å². The lowest BCUT2D eigenvalue weighted by Crippen LogP contribution is -2.30. The highest BCUT2D eigenvalue weighted by Gasteiger charge is 2.24. The Hall–Kier alpha value is -1.38. The Morgan fingerprint density at radius 2 is 2.56 bits per heavy atom. The van der Waals surface area contributed by atoms with Gasteiger partial charge in [-0.25, -0.2) is 9.78 Å². The van der Waals surface area contributed by atoms with Crippen LogP contribution in [0.1, 0.15) is 23.5 Å². The Bertz CT molecular complexity index is 395. The minimum Gasteiger partial charge on any atom is -0.465 e. The molecule has 1 heterocycles. The summed E-state index contributed by atoms with van der Waals surface area (Å²) >= 11 is 1.42. The highest BCUT2D eigenvalue weighted by molar-refractivity contribution is 7.10. The summed E-state index contributed by atoms with van der Waals surface area (Å²) in [5.74, 6) is 2.13. The zero-order valence-corrected chi connectivity index (χ0v) is 10.1. The van der Waals surface area contributed by atoms with Crippen LogP contribution in [0, 0.1) is 19.3 Å². The zero-order chi connectivity index (χ0) is 12.0. The fraction of sp³-hybridized carbons (Fsp3) is 0.455. The first-order valence-electron chi connectivity index (χ1n) is 4.94. The number of carbonyl (C=O) groups is 1. The van der Waals surface area contributed by atoms with Crippen LogP contribution in [0.4, 0.5) is 0 Å². The Kier molecular flexibility index (Phi) is 4.96. The number of carbonyl (C=O) groups excluding carboxylic acids is 1. The predicted octanol–water partition coefficient (Wildman–Crippen LogP) is 1.28. The van der Waals surface area contributed by atoms with Crippen LogP contribution < -0.4 is 5.32 Å². The SMILES string of the molecule is C#CCNC(C(=O)OCC)c1scnc1C. The summed E-state index contributed by atoms with van der Waals surface area (Å²) in [5, 5.41) is 2.96. The van der Waals surface area contributed by atoms with Gasteiger partial charge in [-0.1, -0.05) is 5.92 Å². The second kappa shape index (κ2) is 6.26. The van der Waals surface area contributed by atoms with E-state index in [0.29, 0.717) is 13.2 Å². The number of nitrogens with zero attached hydrogens (tertiary/aromatic N) is 1. The number of aromatic nitrogens is 1. The van der Waals surface area contributed by atoms with E-state index >= 15 is 0 Å². The van der Waals surface area contributed by atoms with Gasteiger partial charge < -0.3 is 4.74 Å². The third-order valence-corrected chi connectivity index (χ3v) is 2.97. The van der Waals surface area contributed by atoms with Gasteiger partial charge in [-0.3, -0.25) is 5.32 Å². The van der Waals surface area contributed by atoms with Crippen molar-refractivity contribution in [2.45, 2.75) is 19.9 Å². The van der Waals surface area contributed by atoms with Crippen LogP contribution >= 0.6 is 11.3 Å². The molecule has 0 radical (unpaired) electrons. The molecule has 0 aliphatic heterocycles. The maximum Gasteiger partial charge on any atom is 0.328 e. The van der Waals surface area contributed by atoms with Crippen molar-refractivity contribution >= 4 is 17.3 Å².